The molecule has 0 unspecified atom stereocenters. The third kappa shape index (κ3) is 2.82. The molecule has 0 saturated carbocycles. The van der Waals surface area contributed by atoms with E-state index in [0.29, 0.717) is 18.7 Å². The molecule has 1 N–H and O–H groups in total. The monoisotopic (exact) mass is 336 g/mol. The number of hydrogen-bond acceptors (Lipinski definition) is 3. The van der Waals surface area contributed by atoms with Gasteiger partial charge in [-0.3, -0.25) is 9.59 Å². The van der Waals surface area contributed by atoms with Gasteiger partial charge in [0.15, 0.2) is 0 Å². The van der Waals surface area contributed by atoms with E-state index in [-0.39, 0.29) is 27.6 Å². The molecule has 1 aliphatic rings. The van der Waals surface area contributed by atoms with Gasteiger partial charge in [-0.15, -0.1) is 0 Å². The Morgan fingerprint density at radius 1 is 1.39 bits per heavy atom. The van der Waals surface area contributed by atoms with E-state index in [1.807, 2.05) is 0 Å². The van der Waals surface area contributed by atoms with Gasteiger partial charge >= 0.3 is 0 Å². The minimum atomic E-state index is -0.630. The summed E-state index contributed by atoms with van der Waals surface area (Å²) < 4.78 is 20.6. The Hall–Kier alpha value is -2.34. The number of hydrogen-bond donors (Lipinski definition) is 1. The summed E-state index contributed by atoms with van der Waals surface area (Å²) in [7, 11) is 1.39. The second-order valence-corrected chi connectivity index (χ2v) is 5.64. The quantitative estimate of drug-likeness (QED) is 0.937. The van der Waals surface area contributed by atoms with E-state index in [4.69, 9.17) is 16.3 Å². The highest BCUT2D eigenvalue weighted by atomic mass is 35.5. The van der Waals surface area contributed by atoms with Crippen LogP contribution in [0.5, 0.6) is 5.75 Å². The Kier molecular flexibility index (Phi) is 4.09. The molecule has 120 valence electrons. The molecule has 0 saturated heterocycles. The topological polar surface area (TPSA) is 60.3 Å². The van der Waals surface area contributed by atoms with Crippen LogP contribution >= 0.6 is 11.6 Å². The van der Waals surface area contributed by atoms with Crippen molar-refractivity contribution in [2.75, 3.05) is 12.4 Å². The van der Waals surface area contributed by atoms with Gasteiger partial charge in [0.2, 0.25) is 0 Å². The summed E-state index contributed by atoms with van der Waals surface area (Å²) in [6, 6.07) is 5.27. The summed E-state index contributed by atoms with van der Waals surface area (Å²) in [5.41, 5.74) is 0.688. The zero-order valence-electron chi connectivity index (χ0n) is 12.4. The first kappa shape index (κ1) is 15.6. The van der Waals surface area contributed by atoms with Gasteiger partial charge in [-0.05, 0) is 31.0 Å². The first-order valence-corrected chi connectivity index (χ1v) is 7.46. The van der Waals surface area contributed by atoms with Crippen LogP contribution < -0.4 is 15.6 Å². The van der Waals surface area contributed by atoms with Crippen LogP contribution in [0.15, 0.2) is 29.1 Å². The molecule has 2 heterocycles. The third-order valence-electron chi connectivity index (χ3n) is 3.80. The number of methoxy groups -OCH3 is 1. The fraction of sp³-hybridized carbons (Fsp3) is 0.250. The zero-order valence-corrected chi connectivity index (χ0v) is 13.1. The van der Waals surface area contributed by atoms with E-state index in [1.54, 1.807) is 4.57 Å². The highest BCUT2D eigenvalue weighted by Gasteiger charge is 2.25. The number of carbonyl (C=O) groups is 1. The summed E-state index contributed by atoms with van der Waals surface area (Å²) in [6.07, 6.45) is 1.37. The molecule has 1 aromatic carbocycles. The lowest BCUT2D eigenvalue weighted by molar-refractivity contribution is 0.102. The third-order valence-corrected chi connectivity index (χ3v) is 4.04. The normalized spacial score (nSPS) is 12.8. The van der Waals surface area contributed by atoms with Gasteiger partial charge < -0.3 is 14.6 Å². The summed E-state index contributed by atoms with van der Waals surface area (Å²) in [6.45, 7) is 0.563. The van der Waals surface area contributed by atoms with E-state index >= 15 is 0 Å². The predicted octanol–water partition coefficient (Wildman–Crippen LogP) is 2.85. The maximum absolute atomic E-state index is 13.9. The van der Waals surface area contributed by atoms with Gasteiger partial charge in [0.05, 0.1) is 12.8 Å². The number of anilines is 1. The van der Waals surface area contributed by atoms with Crippen molar-refractivity contribution in [2.24, 2.45) is 0 Å². The van der Waals surface area contributed by atoms with E-state index < -0.39 is 11.7 Å². The number of ether oxygens (including phenoxy) is 1. The lowest BCUT2D eigenvalue weighted by Crippen LogP contribution is -2.25. The van der Waals surface area contributed by atoms with E-state index in [0.717, 1.165) is 12.5 Å². The molecule has 2 aromatic rings. The van der Waals surface area contributed by atoms with Gasteiger partial charge in [-0.1, -0.05) is 11.6 Å². The van der Waals surface area contributed by atoms with Crippen LogP contribution in [-0.2, 0) is 13.0 Å². The highest BCUT2D eigenvalue weighted by molar-refractivity contribution is 6.30. The molecule has 23 heavy (non-hydrogen) atoms. The van der Waals surface area contributed by atoms with Crippen molar-refractivity contribution in [3.8, 4) is 5.75 Å². The molecule has 0 fully saturated rings. The average Bonchev–Trinajstić information content (AvgIpc) is 2.99. The number of rotatable bonds is 3. The van der Waals surface area contributed by atoms with Crippen molar-refractivity contribution in [2.45, 2.75) is 19.4 Å². The average molecular weight is 337 g/mol. The molecule has 1 amide bonds. The Morgan fingerprint density at radius 2 is 2.17 bits per heavy atom. The summed E-state index contributed by atoms with van der Waals surface area (Å²) in [4.78, 5) is 24.6. The van der Waals surface area contributed by atoms with Crippen molar-refractivity contribution in [3.63, 3.8) is 0 Å². The van der Waals surface area contributed by atoms with Crippen molar-refractivity contribution in [1.82, 2.24) is 4.57 Å². The molecule has 0 bridgehead atoms. The second-order valence-electron chi connectivity index (χ2n) is 5.21. The van der Waals surface area contributed by atoms with Crippen molar-refractivity contribution >= 4 is 23.2 Å². The smallest absolute Gasteiger partial charge is 0.261 e. The van der Waals surface area contributed by atoms with Gasteiger partial charge in [0, 0.05) is 23.3 Å². The Labute approximate surface area is 136 Å². The zero-order chi connectivity index (χ0) is 16.6. The van der Waals surface area contributed by atoms with Gasteiger partial charge in [0.25, 0.3) is 11.5 Å². The number of benzene rings is 1. The molecule has 5 nitrogen and oxygen atoms in total. The van der Waals surface area contributed by atoms with Crippen LogP contribution in [0, 0.1) is 5.82 Å². The lowest BCUT2D eigenvalue weighted by Gasteiger charge is -2.14. The second kappa shape index (κ2) is 6.04. The van der Waals surface area contributed by atoms with Gasteiger partial charge in [-0.25, -0.2) is 4.39 Å². The van der Waals surface area contributed by atoms with Crippen molar-refractivity contribution in [3.05, 3.63) is 56.7 Å². The van der Waals surface area contributed by atoms with Gasteiger partial charge in [-0.2, -0.15) is 0 Å². The molecule has 1 aromatic heterocycles. The van der Waals surface area contributed by atoms with Crippen LogP contribution in [0.25, 0.3) is 0 Å². The van der Waals surface area contributed by atoms with Crippen molar-refractivity contribution < 1.29 is 13.9 Å². The van der Waals surface area contributed by atoms with Crippen LogP contribution in [-0.4, -0.2) is 17.6 Å². The number of nitrogens with one attached hydrogen (secondary N) is 1. The lowest BCUT2D eigenvalue weighted by atomic mass is 10.1. The van der Waals surface area contributed by atoms with E-state index in [9.17, 15) is 14.0 Å². The Balaban J connectivity index is 2.03. The molecule has 1 aliphatic heterocycles. The molecule has 7 heteroatoms. The molecular formula is C16H14ClFN2O3. The molecule has 0 radical (unpaired) electrons. The van der Waals surface area contributed by atoms with E-state index in [2.05, 4.69) is 5.32 Å². The summed E-state index contributed by atoms with van der Waals surface area (Å²) in [5.74, 6) is -0.960. The maximum atomic E-state index is 13.9. The fourth-order valence-corrected chi connectivity index (χ4v) is 2.92. The number of fused-ring (bicyclic) bond motifs is 1. The Bertz CT molecular complexity index is 848. The fourth-order valence-electron chi connectivity index (χ4n) is 2.76. The number of halogens is 2. The SMILES string of the molecule is COc1cc(=O)n2c(c1C(=O)Nc1ccc(Cl)cc1F)CCC2. The van der Waals surface area contributed by atoms with Crippen LogP contribution in [0.2, 0.25) is 5.02 Å². The minimum Gasteiger partial charge on any atom is -0.496 e. The largest absolute Gasteiger partial charge is 0.496 e. The first-order valence-electron chi connectivity index (χ1n) is 7.08. The summed E-state index contributed by atoms with van der Waals surface area (Å²) >= 11 is 5.70. The summed E-state index contributed by atoms with van der Waals surface area (Å²) in [5, 5.41) is 2.75. The molecular weight excluding hydrogens is 323 g/mol. The minimum absolute atomic E-state index is 0.0180. The molecule has 0 spiro atoms. The van der Waals surface area contributed by atoms with E-state index in [1.165, 1.54) is 25.3 Å². The number of aromatic nitrogens is 1. The highest BCUT2D eigenvalue weighted by Crippen LogP contribution is 2.27. The van der Waals surface area contributed by atoms with Crippen molar-refractivity contribution in [1.29, 1.82) is 0 Å². The van der Waals surface area contributed by atoms with Crippen LogP contribution in [0.1, 0.15) is 22.5 Å². The van der Waals surface area contributed by atoms with Crippen LogP contribution in [0.3, 0.4) is 0 Å². The number of carbonyl (C=O) groups excluding carboxylic acids is 1. The number of nitrogens with zero attached hydrogens (tertiary/aromatic N) is 1. The molecule has 0 atom stereocenters. The molecule has 3 rings (SSSR count). The predicted molar refractivity (Wildman–Crippen MR) is 84.9 cm³/mol. The first-order chi connectivity index (χ1) is 11.0. The molecule has 0 aliphatic carbocycles. The standard InChI is InChI=1S/C16H14ClFN2O3/c1-23-13-8-14(21)20-6-2-3-12(20)15(13)16(22)19-11-5-4-9(17)7-10(11)18/h4-5,7-8H,2-3,6H2,1H3,(H,19,22). The Morgan fingerprint density at radius 3 is 2.87 bits per heavy atom. The number of pyridine rings is 1. The maximum Gasteiger partial charge on any atom is 0.261 e. The van der Waals surface area contributed by atoms with Gasteiger partial charge in [0.1, 0.15) is 17.1 Å². The number of amides is 1. The van der Waals surface area contributed by atoms with Crippen LogP contribution in [0.4, 0.5) is 10.1 Å².